The average Bonchev–Trinajstić information content (AvgIpc) is 2.74. The molecule has 1 aliphatic rings. The molecule has 174 valence electrons. The van der Waals surface area contributed by atoms with E-state index in [-0.39, 0.29) is 42.3 Å². The van der Waals surface area contributed by atoms with Gasteiger partial charge < -0.3 is 15.5 Å². The monoisotopic (exact) mass is 562 g/mol. The Labute approximate surface area is 204 Å². The first-order valence-corrected chi connectivity index (χ1v) is 12.3. The topological polar surface area (TPSA) is 101 Å². The van der Waals surface area contributed by atoms with Crippen LogP contribution in [0.4, 0.5) is 5.69 Å². The Morgan fingerprint density at radius 2 is 2.00 bits per heavy atom. The second kappa shape index (κ2) is 13.8. The van der Waals surface area contributed by atoms with E-state index in [2.05, 4.69) is 26.6 Å². The zero-order valence-electron chi connectivity index (χ0n) is 18.7. The lowest BCUT2D eigenvalue weighted by Crippen LogP contribution is -2.51. The summed E-state index contributed by atoms with van der Waals surface area (Å²) in [5, 5.41) is 16.0. The highest BCUT2D eigenvalue weighted by atomic mass is 127. The number of guanidine groups is 1. The highest BCUT2D eigenvalue weighted by molar-refractivity contribution is 14.0. The Balaban J connectivity index is 0.00000480. The van der Waals surface area contributed by atoms with Crippen LogP contribution < -0.4 is 15.5 Å². The van der Waals surface area contributed by atoms with Crippen LogP contribution in [0.15, 0.2) is 29.3 Å². The summed E-state index contributed by atoms with van der Waals surface area (Å²) >= 11 is 0. The van der Waals surface area contributed by atoms with Gasteiger partial charge in [-0.25, -0.2) is 12.7 Å². The number of nitrogens with zero attached hydrogens (tertiary/aromatic N) is 4. The van der Waals surface area contributed by atoms with Crippen LogP contribution in [-0.2, 0) is 10.0 Å². The number of para-hydroxylation sites is 1. The number of sulfonamides is 1. The smallest absolute Gasteiger partial charge is 0.215 e. The second-order valence-electron chi connectivity index (χ2n) is 7.22. The van der Waals surface area contributed by atoms with E-state index in [9.17, 15) is 13.7 Å². The standard InChI is InChI=1S/C21H34N6O2S.HI/c1-4-23-21(24-13-15-30(28,29)27(5-2)6-3)25-19-11-9-14-26(17-19)20-12-8-7-10-18(20)16-22;/h7-8,10,12,19H,4-6,9,11,13-15,17H2,1-3H3,(H2,23,24,25);1H. The maximum atomic E-state index is 12.4. The van der Waals surface area contributed by atoms with E-state index in [0.29, 0.717) is 31.2 Å². The van der Waals surface area contributed by atoms with Crippen LogP contribution in [0.1, 0.15) is 39.2 Å². The average molecular weight is 563 g/mol. The number of rotatable bonds is 9. The molecule has 1 fully saturated rings. The number of halogens is 1. The van der Waals surface area contributed by atoms with Gasteiger partial charge in [0.05, 0.1) is 23.5 Å². The zero-order valence-corrected chi connectivity index (χ0v) is 21.8. The largest absolute Gasteiger partial charge is 0.368 e. The second-order valence-corrected chi connectivity index (χ2v) is 9.31. The van der Waals surface area contributed by atoms with E-state index in [0.717, 1.165) is 31.6 Å². The molecule has 1 aromatic carbocycles. The van der Waals surface area contributed by atoms with Gasteiger partial charge in [0.1, 0.15) is 6.07 Å². The van der Waals surface area contributed by atoms with Gasteiger partial charge in [0.15, 0.2) is 5.96 Å². The maximum Gasteiger partial charge on any atom is 0.215 e. The van der Waals surface area contributed by atoms with E-state index < -0.39 is 10.0 Å². The number of hydrogen-bond acceptors (Lipinski definition) is 5. The summed E-state index contributed by atoms with van der Waals surface area (Å²) < 4.78 is 26.2. The fourth-order valence-corrected chi connectivity index (χ4v) is 5.06. The van der Waals surface area contributed by atoms with Gasteiger partial charge in [-0.05, 0) is 31.9 Å². The van der Waals surface area contributed by atoms with Gasteiger partial charge in [0.2, 0.25) is 10.0 Å². The van der Waals surface area contributed by atoms with E-state index >= 15 is 0 Å². The van der Waals surface area contributed by atoms with E-state index in [1.807, 2.05) is 45.0 Å². The summed E-state index contributed by atoms with van der Waals surface area (Å²) in [5.41, 5.74) is 1.64. The molecule has 0 bridgehead atoms. The van der Waals surface area contributed by atoms with Crippen LogP contribution in [0.3, 0.4) is 0 Å². The summed E-state index contributed by atoms with van der Waals surface area (Å²) in [6.07, 6.45) is 2.00. The van der Waals surface area contributed by atoms with Crippen molar-refractivity contribution in [2.75, 3.05) is 49.9 Å². The molecular formula is C21H35IN6O2S. The molecule has 1 aliphatic heterocycles. The fraction of sp³-hybridized carbons (Fsp3) is 0.619. The van der Waals surface area contributed by atoms with Crippen molar-refractivity contribution in [2.45, 2.75) is 39.7 Å². The molecule has 10 heteroatoms. The molecule has 0 spiro atoms. The van der Waals surface area contributed by atoms with Crippen molar-refractivity contribution in [3.8, 4) is 6.07 Å². The van der Waals surface area contributed by atoms with Crippen molar-refractivity contribution in [1.82, 2.24) is 14.9 Å². The van der Waals surface area contributed by atoms with Gasteiger partial charge >= 0.3 is 0 Å². The molecule has 8 nitrogen and oxygen atoms in total. The highest BCUT2D eigenvalue weighted by Crippen LogP contribution is 2.23. The van der Waals surface area contributed by atoms with Crippen molar-refractivity contribution < 1.29 is 8.42 Å². The third-order valence-electron chi connectivity index (χ3n) is 5.19. The molecule has 1 atom stereocenters. The number of hydrogen-bond donors (Lipinski definition) is 2. The molecule has 1 saturated heterocycles. The number of benzene rings is 1. The molecule has 0 saturated carbocycles. The van der Waals surface area contributed by atoms with Crippen LogP contribution in [0.25, 0.3) is 0 Å². The molecule has 31 heavy (non-hydrogen) atoms. The van der Waals surface area contributed by atoms with Crippen molar-refractivity contribution in [3.05, 3.63) is 29.8 Å². The predicted octanol–water partition coefficient (Wildman–Crippen LogP) is 2.37. The normalized spacial score (nSPS) is 17.1. The Morgan fingerprint density at radius 1 is 1.29 bits per heavy atom. The lowest BCUT2D eigenvalue weighted by Gasteiger charge is -2.35. The molecule has 0 aromatic heterocycles. The van der Waals surface area contributed by atoms with Crippen LogP contribution in [0.5, 0.6) is 0 Å². The number of nitrogens with one attached hydrogen (secondary N) is 2. The third kappa shape index (κ3) is 8.12. The van der Waals surface area contributed by atoms with E-state index in [1.165, 1.54) is 4.31 Å². The molecule has 0 aliphatic carbocycles. The van der Waals surface area contributed by atoms with E-state index in [4.69, 9.17) is 0 Å². The summed E-state index contributed by atoms with van der Waals surface area (Å²) in [6, 6.07) is 10.1. The van der Waals surface area contributed by atoms with Crippen molar-refractivity contribution >= 4 is 45.6 Å². The zero-order chi connectivity index (χ0) is 22.0. The van der Waals surface area contributed by atoms with Crippen LogP contribution >= 0.6 is 24.0 Å². The van der Waals surface area contributed by atoms with Gasteiger partial charge in [0, 0.05) is 38.8 Å². The Kier molecular flexibility index (Phi) is 12.2. The lowest BCUT2D eigenvalue weighted by atomic mass is 10.0. The summed E-state index contributed by atoms with van der Waals surface area (Å²) in [6.45, 7) is 9.20. The summed E-state index contributed by atoms with van der Waals surface area (Å²) in [5.74, 6) is 0.630. The van der Waals surface area contributed by atoms with Crippen molar-refractivity contribution in [2.24, 2.45) is 4.99 Å². The van der Waals surface area contributed by atoms with Gasteiger partial charge in [-0.2, -0.15) is 5.26 Å². The predicted molar refractivity (Wildman–Crippen MR) is 138 cm³/mol. The van der Waals surface area contributed by atoms with Crippen molar-refractivity contribution in [1.29, 1.82) is 5.26 Å². The van der Waals surface area contributed by atoms with Crippen LogP contribution in [0, 0.1) is 11.3 Å². The molecule has 2 N–H and O–H groups in total. The minimum atomic E-state index is -3.29. The van der Waals surface area contributed by atoms with Crippen LogP contribution in [-0.4, -0.2) is 69.7 Å². The number of anilines is 1. The molecule has 1 unspecified atom stereocenters. The lowest BCUT2D eigenvalue weighted by molar-refractivity contribution is 0.445. The Bertz CT molecular complexity index is 852. The fourth-order valence-electron chi connectivity index (χ4n) is 3.69. The molecule has 1 heterocycles. The molecule has 2 rings (SSSR count). The first-order valence-electron chi connectivity index (χ1n) is 10.7. The molecule has 0 radical (unpaired) electrons. The van der Waals surface area contributed by atoms with Gasteiger partial charge in [-0.3, -0.25) is 4.99 Å². The third-order valence-corrected chi connectivity index (χ3v) is 7.19. The van der Waals surface area contributed by atoms with E-state index in [1.54, 1.807) is 0 Å². The minimum absolute atomic E-state index is 0. The van der Waals surface area contributed by atoms with Crippen molar-refractivity contribution in [3.63, 3.8) is 0 Å². The molecular weight excluding hydrogens is 527 g/mol. The Morgan fingerprint density at radius 3 is 2.65 bits per heavy atom. The van der Waals surface area contributed by atoms with Gasteiger partial charge in [-0.1, -0.05) is 26.0 Å². The first kappa shape index (κ1) is 27.5. The summed E-state index contributed by atoms with van der Waals surface area (Å²) in [7, 11) is -3.29. The molecule has 1 aromatic rings. The highest BCUT2D eigenvalue weighted by Gasteiger charge is 2.23. The minimum Gasteiger partial charge on any atom is -0.368 e. The summed E-state index contributed by atoms with van der Waals surface area (Å²) in [4.78, 5) is 6.72. The van der Waals surface area contributed by atoms with Crippen LogP contribution in [0.2, 0.25) is 0 Å². The first-order chi connectivity index (χ1) is 14.4. The van der Waals surface area contributed by atoms with Gasteiger partial charge in [0.25, 0.3) is 0 Å². The Hall–Kier alpha value is -1.58. The SMILES string of the molecule is CCNC(=NCCS(=O)(=O)N(CC)CC)NC1CCCN(c2ccccc2C#N)C1.I. The number of nitriles is 1. The van der Waals surface area contributed by atoms with Gasteiger partial charge in [-0.15, -0.1) is 24.0 Å². The quantitative estimate of drug-likeness (QED) is 0.273. The number of piperidine rings is 1. The number of aliphatic imine (C=N–C) groups is 1. The maximum absolute atomic E-state index is 12.4. The molecule has 0 amide bonds.